The second kappa shape index (κ2) is 5.55. The average molecular weight is 295 g/mol. The van der Waals surface area contributed by atoms with Crippen molar-refractivity contribution in [2.45, 2.75) is 20.3 Å². The van der Waals surface area contributed by atoms with Crippen LogP contribution in [-0.4, -0.2) is 32.8 Å². The molecule has 1 amide bonds. The van der Waals surface area contributed by atoms with Gasteiger partial charge in [0.15, 0.2) is 11.5 Å². The largest absolute Gasteiger partial charge is 0.315 e. The van der Waals surface area contributed by atoms with Crippen LogP contribution in [0.25, 0.3) is 16.9 Å². The average Bonchev–Trinajstić information content (AvgIpc) is 2.94. The van der Waals surface area contributed by atoms with Crippen LogP contribution in [0.3, 0.4) is 0 Å². The molecule has 3 rings (SSSR count). The minimum atomic E-state index is 0.0789. The van der Waals surface area contributed by atoms with Gasteiger partial charge in [0.1, 0.15) is 0 Å². The van der Waals surface area contributed by atoms with E-state index in [1.165, 1.54) is 0 Å². The van der Waals surface area contributed by atoms with Crippen molar-refractivity contribution >= 4 is 17.2 Å². The number of carbonyl (C=O) groups excluding carboxylic acids is 1. The molecule has 0 saturated heterocycles. The molecule has 0 atom stereocenters. The maximum Gasteiger partial charge on any atom is 0.226 e. The first-order valence-corrected chi connectivity index (χ1v) is 7.16. The van der Waals surface area contributed by atoms with Crippen molar-refractivity contribution in [1.82, 2.24) is 19.8 Å². The van der Waals surface area contributed by atoms with E-state index in [-0.39, 0.29) is 5.91 Å². The highest BCUT2D eigenvalue weighted by Gasteiger charge is 2.11. The van der Waals surface area contributed by atoms with Gasteiger partial charge in [0.25, 0.3) is 0 Å². The maximum atomic E-state index is 11.8. The first-order valence-electron chi connectivity index (χ1n) is 7.16. The standard InChI is InChI=1S/C16H17N5O/c1-4-16(22)20(3)13-7-5-6-12(10-13)14-8-9-15-18-17-11(2)21(15)19-14/h5-10H,4H2,1-3H3. The molecule has 6 heteroatoms. The molecule has 112 valence electrons. The SMILES string of the molecule is CCC(=O)N(C)c1cccc(-c2ccc3nnc(C)n3n2)c1. The van der Waals surface area contributed by atoms with Gasteiger partial charge in [-0.1, -0.05) is 19.1 Å². The Kier molecular flexibility index (Phi) is 3.58. The van der Waals surface area contributed by atoms with Crippen molar-refractivity contribution in [3.8, 4) is 11.3 Å². The summed E-state index contributed by atoms with van der Waals surface area (Å²) in [4.78, 5) is 13.5. The van der Waals surface area contributed by atoms with Crippen molar-refractivity contribution in [2.75, 3.05) is 11.9 Å². The molecule has 0 aliphatic rings. The Labute approximate surface area is 128 Å². The number of aromatic nitrogens is 4. The Balaban J connectivity index is 2.03. The first kappa shape index (κ1) is 14.2. The lowest BCUT2D eigenvalue weighted by molar-refractivity contribution is -0.118. The highest BCUT2D eigenvalue weighted by molar-refractivity contribution is 5.93. The van der Waals surface area contributed by atoms with Crippen molar-refractivity contribution in [1.29, 1.82) is 0 Å². The third-order valence-electron chi connectivity index (χ3n) is 3.62. The van der Waals surface area contributed by atoms with Gasteiger partial charge in [-0.2, -0.15) is 9.61 Å². The lowest BCUT2D eigenvalue weighted by atomic mass is 10.1. The molecule has 0 fully saturated rings. The van der Waals surface area contributed by atoms with Crippen molar-refractivity contribution in [3.63, 3.8) is 0 Å². The van der Waals surface area contributed by atoms with Gasteiger partial charge in [0.2, 0.25) is 5.91 Å². The van der Waals surface area contributed by atoms with Crippen molar-refractivity contribution in [2.24, 2.45) is 0 Å². The summed E-state index contributed by atoms with van der Waals surface area (Å²) < 4.78 is 1.71. The number of benzene rings is 1. The smallest absolute Gasteiger partial charge is 0.226 e. The minimum Gasteiger partial charge on any atom is -0.315 e. The second-order valence-corrected chi connectivity index (χ2v) is 5.09. The summed E-state index contributed by atoms with van der Waals surface area (Å²) in [6, 6.07) is 11.6. The van der Waals surface area contributed by atoms with E-state index in [0.29, 0.717) is 6.42 Å². The fourth-order valence-corrected chi connectivity index (χ4v) is 2.31. The number of rotatable bonds is 3. The highest BCUT2D eigenvalue weighted by atomic mass is 16.2. The monoisotopic (exact) mass is 295 g/mol. The van der Waals surface area contributed by atoms with Crippen LogP contribution in [-0.2, 0) is 4.79 Å². The third-order valence-corrected chi connectivity index (χ3v) is 3.62. The van der Waals surface area contributed by atoms with Crippen LogP contribution in [0.1, 0.15) is 19.2 Å². The molecule has 0 spiro atoms. The summed E-state index contributed by atoms with van der Waals surface area (Å²) in [5, 5.41) is 12.6. The lowest BCUT2D eigenvalue weighted by Crippen LogP contribution is -2.24. The lowest BCUT2D eigenvalue weighted by Gasteiger charge is -2.17. The zero-order valence-electron chi connectivity index (χ0n) is 12.8. The maximum absolute atomic E-state index is 11.8. The molecule has 0 N–H and O–H groups in total. The van der Waals surface area contributed by atoms with Gasteiger partial charge in [0, 0.05) is 24.7 Å². The number of anilines is 1. The van der Waals surface area contributed by atoms with E-state index in [1.807, 2.05) is 50.2 Å². The molecule has 0 aliphatic heterocycles. The molecule has 3 aromatic rings. The van der Waals surface area contributed by atoms with Crippen molar-refractivity contribution < 1.29 is 4.79 Å². The summed E-state index contributed by atoms with van der Waals surface area (Å²) >= 11 is 0. The van der Waals surface area contributed by atoms with E-state index >= 15 is 0 Å². The Morgan fingerprint density at radius 2 is 2.05 bits per heavy atom. The number of aryl methyl sites for hydroxylation is 1. The second-order valence-electron chi connectivity index (χ2n) is 5.09. The zero-order valence-corrected chi connectivity index (χ0v) is 12.8. The summed E-state index contributed by atoms with van der Waals surface area (Å²) in [6.07, 6.45) is 0.477. The zero-order chi connectivity index (χ0) is 15.7. The predicted octanol–water partition coefficient (Wildman–Crippen LogP) is 2.47. The van der Waals surface area contributed by atoms with E-state index in [9.17, 15) is 4.79 Å². The molecule has 2 heterocycles. The number of fused-ring (bicyclic) bond motifs is 1. The van der Waals surface area contributed by atoms with Gasteiger partial charge in [-0.25, -0.2) is 0 Å². The van der Waals surface area contributed by atoms with Crippen LogP contribution in [0.4, 0.5) is 5.69 Å². The first-order chi connectivity index (χ1) is 10.6. The molecule has 2 aromatic heterocycles. The van der Waals surface area contributed by atoms with Crippen LogP contribution < -0.4 is 4.90 Å². The molecular weight excluding hydrogens is 278 g/mol. The summed E-state index contributed by atoms with van der Waals surface area (Å²) in [6.45, 7) is 3.72. The quantitative estimate of drug-likeness (QED) is 0.744. The van der Waals surface area contributed by atoms with E-state index in [4.69, 9.17) is 0 Å². The van der Waals surface area contributed by atoms with Crippen LogP contribution in [0.15, 0.2) is 36.4 Å². The molecule has 22 heavy (non-hydrogen) atoms. The minimum absolute atomic E-state index is 0.0789. The van der Waals surface area contributed by atoms with Gasteiger partial charge < -0.3 is 4.90 Å². The van der Waals surface area contributed by atoms with Crippen LogP contribution in [0.2, 0.25) is 0 Å². The van der Waals surface area contributed by atoms with Crippen LogP contribution in [0.5, 0.6) is 0 Å². The van der Waals surface area contributed by atoms with Crippen molar-refractivity contribution in [3.05, 3.63) is 42.2 Å². The summed E-state index contributed by atoms with van der Waals surface area (Å²) in [5.41, 5.74) is 3.33. The predicted molar refractivity (Wildman–Crippen MR) is 84.7 cm³/mol. The number of nitrogens with zero attached hydrogens (tertiary/aromatic N) is 5. The van der Waals surface area contributed by atoms with E-state index in [2.05, 4.69) is 15.3 Å². The molecule has 0 bridgehead atoms. The topological polar surface area (TPSA) is 63.4 Å². The highest BCUT2D eigenvalue weighted by Crippen LogP contribution is 2.23. The molecule has 0 unspecified atom stereocenters. The fourth-order valence-electron chi connectivity index (χ4n) is 2.31. The molecule has 0 saturated carbocycles. The van der Waals surface area contributed by atoms with E-state index in [1.54, 1.807) is 16.5 Å². The Hall–Kier alpha value is -2.76. The Morgan fingerprint density at radius 1 is 1.23 bits per heavy atom. The Bertz CT molecular complexity index is 839. The Morgan fingerprint density at radius 3 is 2.82 bits per heavy atom. The molecule has 0 aliphatic carbocycles. The summed E-state index contributed by atoms with van der Waals surface area (Å²) in [5.74, 6) is 0.821. The van der Waals surface area contributed by atoms with Gasteiger partial charge in [-0.15, -0.1) is 10.2 Å². The number of carbonyl (C=O) groups is 1. The van der Waals surface area contributed by atoms with Crippen LogP contribution >= 0.6 is 0 Å². The van der Waals surface area contributed by atoms with Gasteiger partial charge in [-0.05, 0) is 31.2 Å². The third kappa shape index (κ3) is 2.43. The van der Waals surface area contributed by atoms with Crippen LogP contribution in [0, 0.1) is 6.92 Å². The number of hydrogen-bond acceptors (Lipinski definition) is 4. The van der Waals surface area contributed by atoms with E-state index in [0.717, 1.165) is 28.4 Å². The number of hydrogen-bond donors (Lipinski definition) is 0. The molecule has 1 aromatic carbocycles. The van der Waals surface area contributed by atoms with Gasteiger partial charge >= 0.3 is 0 Å². The van der Waals surface area contributed by atoms with E-state index < -0.39 is 0 Å². The normalized spacial score (nSPS) is 10.9. The van der Waals surface area contributed by atoms with Gasteiger partial charge in [0.05, 0.1) is 5.69 Å². The molecular formula is C16H17N5O. The molecule has 0 radical (unpaired) electrons. The number of amides is 1. The molecule has 6 nitrogen and oxygen atoms in total. The summed E-state index contributed by atoms with van der Waals surface area (Å²) in [7, 11) is 1.78. The fraction of sp³-hybridized carbons (Fsp3) is 0.250. The van der Waals surface area contributed by atoms with Gasteiger partial charge in [-0.3, -0.25) is 4.79 Å².